The first-order valence-electron chi connectivity index (χ1n) is 5.62. The van der Waals surface area contributed by atoms with Gasteiger partial charge in [0.15, 0.2) is 0 Å². The molecule has 0 radical (unpaired) electrons. The molecule has 1 aliphatic heterocycles. The first-order valence-corrected chi connectivity index (χ1v) is 5.62. The number of phenolic OH excluding ortho intramolecular Hbond substituents is 1. The zero-order valence-corrected chi connectivity index (χ0v) is 9.64. The van der Waals surface area contributed by atoms with Crippen molar-refractivity contribution in [1.29, 1.82) is 0 Å². The quantitative estimate of drug-likeness (QED) is 0.661. The number of morpholine rings is 1. The lowest BCUT2D eigenvalue weighted by Gasteiger charge is -2.29. The maximum atomic E-state index is 11.9. The maximum Gasteiger partial charge on any atom is 0.244 e. The molecule has 0 bridgehead atoms. The Labute approximate surface area is 99.8 Å². The molecule has 1 amide bonds. The fourth-order valence-corrected chi connectivity index (χ4v) is 1.79. The first kappa shape index (κ1) is 11.9. The van der Waals surface area contributed by atoms with Gasteiger partial charge in [0.05, 0.1) is 12.7 Å². The molecular weight excluding hydrogens is 220 g/mol. The molecule has 2 rings (SSSR count). The summed E-state index contributed by atoms with van der Waals surface area (Å²) in [5.41, 5.74) is 0.660. The van der Waals surface area contributed by atoms with Crippen molar-refractivity contribution in [2.24, 2.45) is 0 Å². The molecular formula is C12H16N2O3. The van der Waals surface area contributed by atoms with E-state index in [2.05, 4.69) is 10.6 Å². The van der Waals surface area contributed by atoms with Crippen molar-refractivity contribution in [3.05, 3.63) is 24.3 Å². The summed E-state index contributed by atoms with van der Waals surface area (Å²) in [6.45, 7) is 3.18. The molecule has 0 saturated carbocycles. The number of anilines is 1. The van der Waals surface area contributed by atoms with Crippen molar-refractivity contribution in [1.82, 2.24) is 5.32 Å². The van der Waals surface area contributed by atoms with E-state index in [1.165, 1.54) is 12.1 Å². The topological polar surface area (TPSA) is 70.6 Å². The zero-order valence-electron chi connectivity index (χ0n) is 9.64. The molecule has 92 valence electrons. The number of aromatic hydroxyl groups is 1. The number of carbonyl (C=O) groups is 1. The molecule has 1 fully saturated rings. The maximum absolute atomic E-state index is 11.9. The van der Waals surface area contributed by atoms with Gasteiger partial charge in [-0.15, -0.1) is 0 Å². The van der Waals surface area contributed by atoms with E-state index in [0.717, 1.165) is 0 Å². The predicted molar refractivity (Wildman–Crippen MR) is 63.9 cm³/mol. The van der Waals surface area contributed by atoms with E-state index in [1.54, 1.807) is 12.1 Å². The van der Waals surface area contributed by atoms with Gasteiger partial charge in [0, 0.05) is 12.2 Å². The Kier molecular flexibility index (Phi) is 3.61. The molecule has 1 heterocycles. The average Bonchev–Trinajstić information content (AvgIpc) is 2.32. The predicted octanol–water partition coefficient (Wildman–Crippen LogP) is 0.708. The highest BCUT2D eigenvalue weighted by Crippen LogP contribution is 2.15. The van der Waals surface area contributed by atoms with Gasteiger partial charge < -0.3 is 20.5 Å². The normalized spacial score (nSPS) is 24.3. The van der Waals surface area contributed by atoms with Gasteiger partial charge in [-0.05, 0) is 31.2 Å². The van der Waals surface area contributed by atoms with Gasteiger partial charge in [-0.2, -0.15) is 0 Å². The minimum absolute atomic E-state index is 0.122. The van der Waals surface area contributed by atoms with Crippen molar-refractivity contribution < 1.29 is 14.6 Å². The van der Waals surface area contributed by atoms with Crippen LogP contribution in [0.15, 0.2) is 24.3 Å². The van der Waals surface area contributed by atoms with Crippen LogP contribution in [0.3, 0.4) is 0 Å². The molecule has 3 N–H and O–H groups in total. The molecule has 0 aliphatic carbocycles. The third-order valence-electron chi connectivity index (χ3n) is 2.73. The SMILES string of the molecule is C[C@H]1OCCN[C@@H]1C(=O)Nc1ccc(O)cc1. The highest BCUT2D eigenvalue weighted by atomic mass is 16.5. The highest BCUT2D eigenvalue weighted by molar-refractivity contribution is 5.95. The molecule has 2 atom stereocenters. The highest BCUT2D eigenvalue weighted by Gasteiger charge is 2.28. The first-order chi connectivity index (χ1) is 8.16. The van der Waals surface area contributed by atoms with Crippen LogP contribution in [-0.2, 0) is 9.53 Å². The number of benzene rings is 1. The van der Waals surface area contributed by atoms with Gasteiger partial charge in [-0.25, -0.2) is 0 Å². The molecule has 0 unspecified atom stereocenters. The second-order valence-corrected chi connectivity index (χ2v) is 4.04. The van der Waals surface area contributed by atoms with E-state index in [4.69, 9.17) is 9.84 Å². The third kappa shape index (κ3) is 2.95. The van der Waals surface area contributed by atoms with Crippen molar-refractivity contribution in [3.8, 4) is 5.75 Å². The monoisotopic (exact) mass is 236 g/mol. The third-order valence-corrected chi connectivity index (χ3v) is 2.73. The lowest BCUT2D eigenvalue weighted by Crippen LogP contribution is -2.53. The Bertz CT molecular complexity index is 391. The molecule has 17 heavy (non-hydrogen) atoms. The fraction of sp³-hybridized carbons (Fsp3) is 0.417. The van der Waals surface area contributed by atoms with Crippen LogP contribution in [0.5, 0.6) is 5.75 Å². The number of phenols is 1. The summed E-state index contributed by atoms with van der Waals surface area (Å²) in [4.78, 5) is 11.9. The van der Waals surface area contributed by atoms with Crippen molar-refractivity contribution in [2.75, 3.05) is 18.5 Å². The molecule has 0 spiro atoms. The summed E-state index contributed by atoms with van der Waals surface area (Å²) in [7, 11) is 0. The number of hydrogen-bond acceptors (Lipinski definition) is 4. The van der Waals surface area contributed by atoms with E-state index >= 15 is 0 Å². The van der Waals surface area contributed by atoms with Gasteiger partial charge in [0.2, 0.25) is 5.91 Å². The van der Waals surface area contributed by atoms with E-state index in [1.807, 2.05) is 6.92 Å². The minimum atomic E-state index is -0.336. The van der Waals surface area contributed by atoms with E-state index in [9.17, 15) is 4.79 Å². The Hall–Kier alpha value is -1.59. The van der Waals surface area contributed by atoms with Gasteiger partial charge >= 0.3 is 0 Å². The van der Waals surface area contributed by atoms with Crippen LogP contribution in [0.1, 0.15) is 6.92 Å². The number of rotatable bonds is 2. The number of hydrogen-bond donors (Lipinski definition) is 3. The van der Waals surface area contributed by atoms with E-state index in [0.29, 0.717) is 18.8 Å². The number of ether oxygens (including phenoxy) is 1. The second-order valence-electron chi connectivity index (χ2n) is 4.04. The molecule has 1 aromatic carbocycles. The summed E-state index contributed by atoms with van der Waals surface area (Å²) >= 11 is 0. The standard InChI is InChI=1S/C12H16N2O3/c1-8-11(13-6-7-17-8)12(16)14-9-2-4-10(15)5-3-9/h2-5,8,11,13,15H,6-7H2,1H3,(H,14,16)/t8-,11+/m1/s1. The summed E-state index contributed by atoms with van der Waals surface area (Å²) in [6.07, 6.45) is -0.138. The number of amides is 1. The molecule has 5 heteroatoms. The van der Waals surface area contributed by atoms with Crippen LogP contribution in [0.2, 0.25) is 0 Å². The fourth-order valence-electron chi connectivity index (χ4n) is 1.79. The van der Waals surface area contributed by atoms with Gasteiger partial charge in [0.25, 0.3) is 0 Å². The number of carbonyl (C=O) groups excluding carboxylic acids is 1. The minimum Gasteiger partial charge on any atom is -0.508 e. The molecule has 0 aromatic heterocycles. The molecule has 5 nitrogen and oxygen atoms in total. The summed E-state index contributed by atoms with van der Waals surface area (Å²) < 4.78 is 5.41. The largest absolute Gasteiger partial charge is 0.508 e. The smallest absolute Gasteiger partial charge is 0.244 e. The zero-order chi connectivity index (χ0) is 12.3. The summed E-state index contributed by atoms with van der Waals surface area (Å²) in [5.74, 6) is 0.0541. The van der Waals surface area contributed by atoms with Crippen molar-refractivity contribution in [2.45, 2.75) is 19.1 Å². The average molecular weight is 236 g/mol. The van der Waals surface area contributed by atoms with Gasteiger partial charge in [-0.1, -0.05) is 0 Å². The van der Waals surface area contributed by atoms with Gasteiger partial charge in [-0.3, -0.25) is 4.79 Å². The van der Waals surface area contributed by atoms with Crippen molar-refractivity contribution >= 4 is 11.6 Å². The molecule has 1 saturated heterocycles. The molecule has 1 aromatic rings. The Morgan fingerprint density at radius 3 is 2.82 bits per heavy atom. The van der Waals surface area contributed by atoms with Gasteiger partial charge in [0.1, 0.15) is 11.8 Å². The number of nitrogens with one attached hydrogen (secondary N) is 2. The van der Waals surface area contributed by atoms with Crippen LogP contribution in [0.25, 0.3) is 0 Å². The van der Waals surface area contributed by atoms with Crippen LogP contribution in [-0.4, -0.2) is 36.3 Å². The van der Waals surface area contributed by atoms with E-state index < -0.39 is 0 Å². The summed E-state index contributed by atoms with van der Waals surface area (Å²) in [6, 6.07) is 6.04. The van der Waals surface area contributed by atoms with Crippen LogP contribution in [0.4, 0.5) is 5.69 Å². The van der Waals surface area contributed by atoms with Crippen LogP contribution in [0, 0.1) is 0 Å². The Morgan fingerprint density at radius 1 is 1.47 bits per heavy atom. The van der Waals surface area contributed by atoms with Crippen LogP contribution < -0.4 is 10.6 Å². The second kappa shape index (κ2) is 5.16. The Balaban J connectivity index is 1.98. The van der Waals surface area contributed by atoms with Crippen molar-refractivity contribution in [3.63, 3.8) is 0 Å². The lowest BCUT2D eigenvalue weighted by molar-refractivity contribution is -0.123. The Morgan fingerprint density at radius 2 is 2.18 bits per heavy atom. The summed E-state index contributed by atoms with van der Waals surface area (Å²) in [5, 5.41) is 15.0. The lowest BCUT2D eigenvalue weighted by atomic mass is 10.1. The molecule has 1 aliphatic rings. The van der Waals surface area contributed by atoms with Crippen LogP contribution >= 0.6 is 0 Å². The van der Waals surface area contributed by atoms with E-state index in [-0.39, 0.29) is 23.8 Å².